The van der Waals surface area contributed by atoms with Gasteiger partial charge in [0.15, 0.2) is 0 Å². The van der Waals surface area contributed by atoms with Gasteiger partial charge in [0, 0.05) is 12.3 Å². The average Bonchev–Trinajstić information content (AvgIpc) is 2.36. The third kappa shape index (κ3) is 2.87. The molecule has 2 rings (SSSR count). The molecule has 96 valence electrons. The van der Waals surface area contributed by atoms with Crippen LogP contribution in [0.15, 0.2) is 24.3 Å². The summed E-state index contributed by atoms with van der Waals surface area (Å²) in [6.07, 6.45) is 0.259. The maximum absolute atomic E-state index is 11.6. The summed E-state index contributed by atoms with van der Waals surface area (Å²) in [7, 11) is 0. The van der Waals surface area contributed by atoms with Gasteiger partial charge in [-0.1, -0.05) is 18.2 Å². The zero-order valence-corrected chi connectivity index (χ0v) is 10.2. The summed E-state index contributed by atoms with van der Waals surface area (Å²) in [5.41, 5.74) is 1.69. The van der Waals surface area contributed by atoms with Gasteiger partial charge in [-0.15, -0.1) is 0 Å². The fourth-order valence-corrected chi connectivity index (χ4v) is 1.97. The van der Waals surface area contributed by atoms with Crippen LogP contribution in [0.5, 0.6) is 0 Å². The zero-order valence-electron chi connectivity index (χ0n) is 10.2. The highest BCUT2D eigenvalue weighted by molar-refractivity contribution is 5.95. The highest BCUT2D eigenvalue weighted by Gasteiger charge is 2.25. The molecule has 1 aromatic rings. The Balaban J connectivity index is 2.09. The van der Waals surface area contributed by atoms with E-state index in [1.165, 1.54) is 0 Å². The summed E-state index contributed by atoms with van der Waals surface area (Å²) in [6.45, 7) is 2.35. The molecule has 1 heterocycles. The molecule has 0 aliphatic carbocycles. The van der Waals surface area contributed by atoms with Crippen molar-refractivity contribution in [2.45, 2.75) is 19.4 Å². The van der Waals surface area contributed by atoms with Crippen LogP contribution in [0.3, 0.4) is 0 Å². The van der Waals surface area contributed by atoms with E-state index < -0.39 is 0 Å². The van der Waals surface area contributed by atoms with E-state index in [9.17, 15) is 9.59 Å². The van der Waals surface area contributed by atoms with Gasteiger partial charge in [0.1, 0.15) is 6.61 Å². The highest BCUT2D eigenvalue weighted by Crippen LogP contribution is 2.29. The number of para-hydroxylation sites is 1. The van der Waals surface area contributed by atoms with Gasteiger partial charge in [0.05, 0.1) is 12.5 Å². The number of anilines is 1. The molecule has 18 heavy (non-hydrogen) atoms. The van der Waals surface area contributed by atoms with Crippen molar-refractivity contribution in [2.24, 2.45) is 0 Å². The largest absolute Gasteiger partial charge is 0.372 e. The molecule has 5 nitrogen and oxygen atoms in total. The van der Waals surface area contributed by atoms with Crippen LogP contribution in [0.1, 0.15) is 24.9 Å². The minimum atomic E-state index is -0.275. The summed E-state index contributed by atoms with van der Waals surface area (Å²) in [6, 6.07) is 7.19. The molecule has 5 heteroatoms. The van der Waals surface area contributed by atoms with Crippen molar-refractivity contribution >= 4 is 17.5 Å². The fraction of sp³-hybridized carbons (Fsp3) is 0.385. The number of nitrogens with one attached hydrogen (secondary N) is 2. The predicted octanol–water partition coefficient (Wildman–Crippen LogP) is 1.22. The quantitative estimate of drug-likeness (QED) is 0.842. The number of carbonyl (C=O) groups excluding carboxylic acids is 2. The molecule has 1 aliphatic heterocycles. The van der Waals surface area contributed by atoms with E-state index in [4.69, 9.17) is 4.74 Å². The smallest absolute Gasteiger partial charge is 0.246 e. The van der Waals surface area contributed by atoms with Crippen LogP contribution in [-0.2, 0) is 14.3 Å². The predicted molar refractivity (Wildman–Crippen MR) is 67.1 cm³/mol. The second-order valence-corrected chi connectivity index (χ2v) is 4.10. The molecule has 0 aromatic heterocycles. The van der Waals surface area contributed by atoms with E-state index in [1.54, 1.807) is 0 Å². The van der Waals surface area contributed by atoms with Crippen molar-refractivity contribution in [1.82, 2.24) is 5.32 Å². The van der Waals surface area contributed by atoms with Crippen molar-refractivity contribution in [3.05, 3.63) is 29.8 Å². The van der Waals surface area contributed by atoms with E-state index >= 15 is 0 Å². The molecule has 0 spiro atoms. The Labute approximate surface area is 106 Å². The minimum Gasteiger partial charge on any atom is -0.372 e. The average molecular weight is 248 g/mol. The molecule has 0 radical (unpaired) electrons. The number of fused-ring (bicyclic) bond motifs is 1. The molecule has 0 saturated heterocycles. The van der Waals surface area contributed by atoms with E-state index in [1.807, 2.05) is 31.2 Å². The normalized spacial score (nSPS) is 17.8. The maximum Gasteiger partial charge on any atom is 0.246 e. The number of amides is 2. The van der Waals surface area contributed by atoms with Gasteiger partial charge in [-0.3, -0.25) is 9.59 Å². The molecule has 2 amide bonds. The van der Waals surface area contributed by atoms with Gasteiger partial charge in [-0.2, -0.15) is 0 Å². The Morgan fingerprint density at radius 2 is 2.28 bits per heavy atom. The molecule has 0 saturated carbocycles. The third-order valence-electron chi connectivity index (χ3n) is 2.77. The molecule has 2 N–H and O–H groups in total. The Hall–Kier alpha value is -1.88. The molecule has 0 unspecified atom stereocenters. The van der Waals surface area contributed by atoms with Gasteiger partial charge in [0.25, 0.3) is 0 Å². The first kappa shape index (κ1) is 12.6. The first-order valence-corrected chi connectivity index (χ1v) is 5.96. The number of carbonyl (C=O) groups is 2. The van der Waals surface area contributed by atoms with Gasteiger partial charge in [-0.25, -0.2) is 0 Å². The summed E-state index contributed by atoms with van der Waals surface area (Å²) >= 11 is 0. The molecule has 1 aromatic carbocycles. The molecule has 1 atom stereocenters. The molecule has 0 fully saturated rings. The van der Waals surface area contributed by atoms with Crippen molar-refractivity contribution in [3.63, 3.8) is 0 Å². The molecule has 0 bridgehead atoms. The van der Waals surface area contributed by atoms with Crippen LogP contribution in [-0.4, -0.2) is 25.0 Å². The third-order valence-corrected chi connectivity index (χ3v) is 2.77. The summed E-state index contributed by atoms with van der Waals surface area (Å²) in [5, 5.41) is 5.60. The van der Waals surface area contributed by atoms with Crippen LogP contribution >= 0.6 is 0 Å². The lowest BCUT2D eigenvalue weighted by atomic mass is 9.97. The number of ether oxygens (including phenoxy) is 1. The van der Waals surface area contributed by atoms with Gasteiger partial charge in [0.2, 0.25) is 11.8 Å². The number of rotatable bonds is 4. The van der Waals surface area contributed by atoms with Crippen LogP contribution in [0.2, 0.25) is 0 Å². The lowest BCUT2D eigenvalue weighted by molar-refractivity contribution is -0.126. The first-order chi connectivity index (χ1) is 8.70. The standard InChI is InChI=1S/C13H16N2O3/c1-2-18-8-13(17)15-11-7-12(16)14-10-6-4-3-5-9(10)11/h3-6,11H,2,7-8H2,1H3,(H,14,16)(H,15,17)/t11-/m1/s1. The minimum absolute atomic E-state index is 0.0246. The summed E-state index contributed by atoms with van der Waals surface area (Å²) < 4.78 is 5.04. The van der Waals surface area contributed by atoms with Crippen LogP contribution in [0.25, 0.3) is 0 Å². The van der Waals surface area contributed by atoms with Crippen molar-refractivity contribution in [2.75, 3.05) is 18.5 Å². The lowest BCUT2D eigenvalue weighted by Gasteiger charge is -2.26. The van der Waals surface area contributed by atoms with E-state index in [0.29, 0.717) is 6.61 Å². The van der Waals surface area contributed by atoms with Gasteiger partial charge in [-0.05, 0) is 18.6 Å². The zero-order chi connectivity index (χ0) is 13.0. The maximum atomic E-state index is 11.6. The lowest BCUT2D eigenvalue weighted by Crippen LogP contribution is -2.36. The molecular formula is C13H16N2O3. The monoisotopic (exact) mass is 248 g/mol. The highest BCUT2D eigenvalue weighted by atomic mass is 16.5. The Kier molecular flexibility index (Phi) is 3.94. The fourth-order valence-electron chi connectivity index (χ4n) is 1.97. The molecule has 1 aliphatic rings. The first-order valence-electron chi connectivity index (χ1n) is 5.96. The second kappa shape index (κ2) is 5.64. The number of benzene rings is 1. The summed E-state index contributed by atoms with van der Waals surface area (Å²) in [5.74, 6) is -0.290. The SMILES string of the molecule is CCOCC(=O)N[C@@H]1CC(=O)Nc2ccccc21. The van der Waals surface area contributed by atoms with Crippen LogP contribution in [0.4, 0.5) is 5.69 Å². The van der Waals surface area contributed by atoms with Crippen LogP contribution < -0.4 is 10.6 Å². The number of hydrogen-bond acceptors (Lipinski definition) is 3. The Morgan fingerprint density at radius 1 is 1.50 bits per heavy atom. The number of hydrogen-bond donors (Lipinski definition) is 2. The van der Waals surface area contributed by atoms with Gasteiger partial charge >= 0.3 is 0 Å². The topological polar surface area (TPSA) is 67.4 Å². The van der Waals surface area contributed by atoms with Crippen molar-refractivity contribution in [1.29, 1.82) is 0 Å². The van der Waals surface area contributed by atoms with E-state index in [0.717, 1.165) is 11.3 Å². The summed E-state index contributed by atoms with van der Waals surface area (Å²) in [4.78, 5) is 23.2. The second-order valence-electron chi connectivity index (χ2n) is 4.10. The van der Waals surface area contributed by atoms with Crippen molar-refractivity contribution in [3.8, 4) is 0 Å². The van der Waals surface area contributed by atoms with Crippen molar-refractivity contribution < 1.29 is 14.3 Å². The molecular weight excluding hydrogens is 232 g/mol. The van der Waals surface area contributed by atoms with E-state index in [-0.39, 0.29) is 30.9 Å². The van der Waals surface area contributed by atoms with Crippen LogP contribution in [0, 0.1) is 0 Å². The van der Waals surface area contributed by atoms with E-state index in [2.05, 4.69) is 10.6 Å². The van der Waals surface area contributed by atoms with Gasteiger partial charge < -0.3 is 15.4 Å². The Bertz CT molecular complexity index is 459. The Morgan fingerprint density at radius 3 is 3.06 bits per heavy atom.